The summed E-state index contributed by atoms with van der Waals surface area (Å²) in [5.74, 6) is 1.50. The van der Waals surface area contributed by atoms with Crippen LogP contribution in [0.25, 0.3) is 22.3 Å². The van der Waals surface area contributed by atoms with E-state index in [0.29, 0.717) is 35.1 Å². The molecule has 0 radical (unpaired) electrons. The fourth-order valence-electron chi connectivity index (χ4n) is 3.53. The summed E-state index contributed by atoms with van der Waals surface area (Å²) < 4.78 is 13.9. The summed E-state index contributed by atoms with van der Waals surface area (Å²) in [6, 6.07) is 16.6. The number of amides is 1. The lowest BCUT2D eigenvalue weighted by molar-refractivity contribution is 0.101. The first kappa shape index (κ1) is 20.0. The number of furan rings is 1. The number of aromatic nitrogens is 5. The number of fused-ring (bicyclic) bond motifs is 1. The summed E-state index contributed by atoms with van der Waals surface area (Å²) in [7, 11) is 1.83. The van der Waals surface area contributed by atoms with Crippen molar-refractivity contribution in [3.05, 3.63) is 76.8 Å². The predicted octanol–water partition coefficient (Wildman–Crippen LogP) is 4.55. The summed E-state index contributed by atoms with van der Waals surface area (Å²) in [5, 5.41) is 17.9. The minimum atomic E-state index is -0.271. The van der Waals surface area contributed by atoms with Crippen LogP contribution in [0.15, 0.2) is 69.8 Å². The van der Waals surface area contributed by atoms with Crippen LogP contribution in [0.3, 0.4) is 0 Å². The Balaban J connectivity index is 1.46. The van der Waals surface area contributed by atoms with Crippen molar-refractivity contribution < 1.29 is 13.9 Å². The number of benzene rings is 2. The number of anilines is 1. The molecule has 0 unspecified atom stereocenters. The van der Waals surface area contributed by atoms with Gasteiger partial charge in [-0.1, -0.05) is 28.1 Å². The molecule has 0 saturated carbocycles. The standard InChI is InChI=1S/C22H17BrN6O3/c1-29-18(10-13-4-2-6-19(20(13)29)32-12-15-5-3-9-31-15)22(30)24-17-8-7-14(23)11-16(17)21-25-27-28-26-21/h2-11H,12H2,1H3,(H,24,30)(H,25,26,27,28). The zero-order chi connectivity index (χ0) is 22.1. The van der Waals surface area contributed by atoms with Gasteiger partial charge in [0.2, 0.25) is 5.82 Å². The van der Waals surface area contributed by atoms with Gasteiger partial charge in [0, 0.05) is 22.5 Å². The molecule has 5 rings (SSSR count). The topological polar surface area (TPSA) is 111 Å². The molecule has 10 heteroatoms. The van der Waals surface area contributed by atoms with Gasteiger partial charge in [-0.05, 0) is 47.7 Å². The number of H-pyrrole nitrogens is 1. The summed E-state index contributed by atoms with van der Waals surface area (Å²) >= 11 is 3.44. The van der Waals surface area contributed by atoms with Gasteiger partial charge in [0.05, 0.1) is 17.5 Å². The van der Waals surface area contributed by atoms with Gasteiger partial charge in [-0.25, -0.2) is 0 Å². The number of hydrogen-bond acceptors (Lipinski definition) is 6. The highest BCUT2D eigenvalue weighted by Gasteiger charge is 2.19. The number of aryl methyl sites for hydroxylation is 1. The monoisotopic (exact) mass is 492 g/mol. The zero-order valence-electron chi connectivity index (χ0n) is 16.9. The van der Waals surface area contributed by atoms with Gasteiger partial charge in [0.25, 0.3) is 5.91 Å². The molecule has 3 heterocycles. The number of carbonyl (C=O) groups excluding carboxylic acids is 1. The molecule has 3 aromatic heterocycles. The maximum atomic E-state index is 13.2. The zero-order valence-corrected chi connectivity index (χ0v) is 18.5. The number of ether oxygens (including phenoxy) is 1. The fraction of sp³-hybridized carbons (Fsp3) is 0.0909. The molecule has 0 fully saturated rings. The SMILES string of the molecule is Cn1c(C(=O)Nc2ccc(Br)cc2-c2nn[nH]n2)cc2cccc(OCc3ccco3)c21. The highest BCUT2D eigenvalue weighted by Crippen LogP contribution is 2.31. The summed E-state index contributed by atoms with van der Waals surface area (Å²) in [6.07, 6.45) is 1.61. The van der Waals surface area contributed by atoms with Crippen LogP contribution in [0.1, 0.15) is 16.2 Å². The molecule has 32 heavy (non-hydrogen) atoms. The average molecular weight is 493 g/mol. The maximum absolute atomic E-state index is 13.2. The van der Waals surface area contributed by atoms with Gasteiger partial charge < -0.3 is 19.0 Å². The van der Waals surface area contributed by atoms with Crippen LogP contribution in [0.2, 0.25) is 0 Å². The van der Waals surface area contributed by atoms with E-state index in [1.54, 1.807) is 12.3 Å². The average Bonchev–Trinajstić information content (AvgIpc) is 3.55. The van der Waals surface area contributed by atoms with Crippen molar-refractivity contribution in [3.63, 3.8) is 0 Å². The van der Waals surface area contributed by atoms with E-state index in [4.69, 9.17) is 9.15 Å². The van der Waals surface area contributed by atoms with Crippen molar-refractivity contribution in [2.75, 3.05) is 5.32 Å². The van der Waals surface area contributed by atoms with Crippen molar-refractivity contribution in [2.24, 2.45) is 7.05 Å². The Morgan fingerprint density at radius 2 is 2.12 bits per heavy atom. The largest absolute Gasteiger partial charge is 0.483 e. The van der Waals surface area contributed by atoms with Crippen molar-refractivity contribution in [1.82, 2.24) is 25.2 Å². The molecular weight excluding hydrogens is 476 g/mol. The van der Waals surface area contributed by atoms with E-state index in [9.17, 15) is 4.79 Å². The third-order valence-electron chi connectivity index (χ3n) is 5.02. The minimum Gasteiger partial charge on any atom is -0.483 e. The third kappa shape index (κ3) is 3.76. The van der Waals surface area contributed by atoms with Crippen LogP contribution in [-0.4, -0.2) is 31.1 Å². The molecule has 0 spiro atoms. The number of tetrazole rings is 1. The number of nitrogens with zero attached hydrogens (tertiary/aromatic N) is 4. The Morgan fingerprint density at radius 1 is 1.22 bits per heavy atom. The Hall–Kier alpha value is -3.92. The second-order valence-corrected chi connectivity index (χ2v) is 7.95. The number of rotatable bonds is 6. The lowest BCUT2D eigenvalue weighted by Gasteiger charge is -2.11. The van der Waals surface area contributed by atoms with E-state index in [1.807, 2.05) is 60.1 Å². The number of hydrogen-bond donors (Lipinski definition) is 2. The predicted molar refractivity (Wildman–Crippen MR) is 121 cm³/mol. The van der Waals surface area contributed by atoms with Crippen LogP contribution < -0.4 is 10.1 Å². The molecule has 0 atom stereocenters. The molecule has 2 aromatic carbocycles. The van der Waals surface area contributed by atoms with Gasteiger partial charge in [0.15, 0.2) is 0 Å². The Labute approximate surface area is 190 Å². The second-order valence-electron chi connectivity index (χ2n) is 7.03. The van der Waals surface area contributed by atoms with Crippen LogP contribution in [0, 0.1) is 0 Å². The molecule has 0 bridgehead atoms. The Bertz CT molecular complexity index is 1390. The lowest BCUT2D eigenvalue weighted by atomic mass is 10.1. The molecule has 0 aliphatic heterocycles. The van der Waals surface area contributed by atoms with E-state index in [-0.39, 0.29) is 5.91 Å². The first-order valence-corrected chi connectivity index (χ1v) is 10.5. The lowest BCUT2D eigenvalue weighted by Crippen LogP contribution is -2.16. The summed E-state index contributed by atoms with van der Waals surface area (Å²) in [5.41, 5.74) is 2.51. The number of halogens is 1. The molecule has 0 saturated heterocycles. The van der Waals surface area contributed by atoms with E-state index in [1.165, 1.54) is 0 Å². The van der Waals surface area contributed by atoms with Gasteiger partial charge >= 0.3 is 0 Å². The Kier molecular flexibility index (Phi) is 5.20. The summed E-state index contributed by atoms with van der Waals surface area (Å²) in [4.78, 5) is 13.2. The van der Waals surface area contributed by atoms with Gasteiger partial charge in [-0.3, -0.25) is 4.79 Å². The fourth-order valence-corrected chi connectivity index (χ4v) is 3.89. The molecule has 0 aliphatic rings. The number of para-hydroxylation sites is 1. The molecule has 5 aromatic rings. The van der Waals surface area contributed by atoms with Crippen molar-refractivity contribution in [2.45, 2.75) is 6.61 Å². The second kappa shape index (κ2) is 8.31. The van der Waals surface area contributed by atoms with Gasteiger partial charge in [0.1, 0.15) is 23.8 Å². The van der Waals surface area contributed by atoms with E-state index in [0.717, 1.165) is 21.1 Å². The quantitative estimate of drug-likeness (QED) is 0.359. The summed E-state index contributed by atoms with van der Waals surface area (Å²) in [6.45, 7) is 0.297. The smallest absolute Gasteiger partial charge is 0.272 e. The third-order valence-corrected chi connectivity index (χ3v) is 5.51. The first-order valence-electron chi connectivity index (χ1n) is 9.68. The van der Waals surface area contributed by atoms with Gasteiger partial charge in [-0.15, -0.1) is 10.2 Å². The number of aromatic amines is 1. The van der Waals surface area contributed by atoms with Crippen molar-refractivity contribution in [3.8, 4) is 17.1 Å². The number of nitrogens with one attached hydrogen (secondary N) is 2. The van der Waals surface area contributed by atoms with Gasteiger partial charge in [-0.2, -0.15) is 5.21 Å². The van der Waals surface area contributed by atoms with Crippen LogP contribution in [0.4, 0.5) is 5.69 Å². The van der Waals surface area contributed by atoms with E-state index in [2.05, 4.69) is 41.9 Å². The molecule has 160 valence electrons. The highest BCUT2D eigenvalue weighted by atomic mass is 79.9. The number of carbonyl (C=O) groups is 1. The van der Waals surface area contributed by atoms with Crippen LogP contribution in [0.5, 0.6) is 5.75 Å². The van der Waals surface area contributed by atoms with E-state index < -0.39 is 0 Å². The first-order chi connectivity index (χ1) is 15.6. The van der Waals surface area contributed by atoms with Crippen molar-refractivity contribution in [1.29, 1.82) is 0 Å². The molecule has 2 N–H and O–H groups in total. The van der Waals surface area contributed by atoms with E-state index >= 15 is 0 Å². The normalized spacial score (nSPS) is 11.1. The molecule has 9 nitrogen and oxygen atoms in total. The molecule has 1 amide bonds. The molecular formula is C22H17BrN6O3. The minimum absolute atomic E-state index is 0.271. The van der Waals surface area contributed by atoms with Crippen LogP contribution in [-0.2, 0) is 13.7 Å². The molecule has 0 aliphatic carbocycles. The van der Waals surface area contributed by atoms with Crippen LogP contribution >= 0.6 is 15.9 Å². The van der Waals surface area contributed by atoms with Crippen molar-refractivity contribution >= 4 is 38.4 Å². The maximum Gasteiger partial charge on any atom is 0.272 e. The highest BCUT2D eigenvalue weighted by molar-refractivity contribution is 9.10. The Morgan fingerprint density at radius 3 is 2.91 bits per heavy atom.